The molecule has 6 rings (SSSR count). The number of nitrogens with zero attached hydrogens (tertiary/aromatic N) is 5. The van der Waals surface area contributed by atoms with Gasteiger partial charge in [0, 0.05) is 45.0 Å². The molecule has 3 aliphatic heterocycles. The molecule has 11 heteroatoms. The minimum Gasteiger partial charge on any atom is -0.481 e. The zero-order valence-corrected chi connectivity index (χ0v) is 24.1. The first-order valence-electron chi connectivity index (χ1n) is 14.5. The van der Waals surface area contributed by atoms with Gasteiger partial charge in [0.05, 0.1) is 6.54 Å². The third-order valence-corrected chi connectivity index (χ3v) is 8.17. The molecule has 44 heavy (non-hydrogen) atoms. The molecule has 3 saturated heterocycles. The second-order valence-electron chi connectivity index (χ2n) is 10.9. The minimum absolute atomic E-state index is 0.146. The fourth-order valence-corrected chi connectivity index (χ4v) is 5.96. The molecular weight excluding hydrogens is 562 g/mol. The number of para-hydroxylation sites is 1. The summed E-state index contributed by atoms with van der Waals surface area (Å²) in [4.78, 5) is 47.6. The Labute approximate surface area is 255 Å². The largest absolute Gasteiger partial charge is 0.481 e. The molecule has 2 atom stereocenters. The number of piperazine rings is 2. The van der Waals surface area contributed by atoms with Crippen molar-refractivity contribution in [1.29, 1.82) is 0 Å². The highest BCUT2D eigenvalue weighted by atomic mass is 16.5. The number of fused-ring (bicyclic) bond motifs is 1. The number of carbonyl (C=O) groups excluding carboxylic acids is 2. The normalized spacial score (nSPS) is 20.3. The lowest BCUT2D eigenvalue weighted by Crippen LogP contribution is -2.63. The fraction of sp³-hybridized carbons (Fsp3) is 0.303. The smallest absolute Gasteiger partial charge is 0.409 e. The van der Waals surface area contributed by atoms with Crippen LogP contribution < -0.4 is 14.4 Å². The lowest BCUT2D eigenvalue weighted by atomic mass is 10.1. The lowest BCUT2D eigenvalue weighted by Gasteiger charge is -2.43. The second-order valence-corrected chi connectivity index (χ2v) is 10.9. The molecular formula is C33H33N5O6. The van der Waals surface area contributed by atoms with Crippen LogP contribution in [0.2, 0.25) is 0 Å². The van der Waals surface area contributed by atoms with Crippen molar-refractivity contribution in [3.63, 3.8) is 0 Å². The van der Waals surface area contributed by atoms with Crippen LogP contribution in [0.5, 0.6) is 17.2 Å². The van der Waals surface area contributed by atoms with Crippen LogP contribution in [-0.4, -0.2) is 101 Å². The summed E-state index contributed by atoms with van der Waals surface area (Å²) in [5.74, 6) is 4.16. The van der Waals surface area contributed by atoms with Gasteiger partial charge in [0.25, 0.3) is 5.91 Å². The average Bonchev–Trinajstić information content (AvgIpc) is 3.29. The quantitative estimate of drug-likeness (QED) is 0.310. The summed E-state index contributed by atoms with van der Waals surface area (Å²) in [6.45, 7) is 2.83. The van der Waals surface area contributed by atoms with Gasteiger partial charge in [0.1, 0.15) is 36.1 Å². The summed E-state index contributed by atoms with van der Waals surface area (Å²) < 4.78 is 11.3. The highest BCUT2D eigenvalue weighted by Gasteiger charge is 2.52. The molecule has 4 amide bonds. The number of benzene rings is 3. The molecule has 3 heterocycles. The molecule has 226 valence electrons. The van der Waals surface area contributed by atoms with E-state index in [1.165, 1.54) is 4.90 Å². The fourth-order valence-electron chi connectivity index (χ4n) is 5.96. The summed E-state index contributed by atoms with van der Waals surface area (Å²) in [6.07, 6.45) is 3.15. The SMILES string of the molecule is C#CCOc1ccc(N2CCN(C(=O)O)C(N3C(=O)C4CN(Cc5ccc(Oc6ccccc6)cc5)CCN4C3=O)C2)cc1. The first-order chi connectivity index (χ1) is 21.4. The summed E-state index contributed by atoms with van der Waals surface area (Å²) in [6, 6.07) is 23.5. The third kappa shape index (κ3) is 5.98. The Morgan fingerprint density at radius 3 is 2.27 bits per heavy atom. The van der Waals surface area contributed by atoms with Crippen molar-refractivity contribution < 1.29 is 29.0 Å². The van der Waals surface area contributed by atoms with E-state index in [9.17, 15) is 19.5 Å². The van der Waals surface area contributed by atoms with E-state index in [0.29, 0.717) is 38.5 Å². The first-order valence-corrected chi connectivity index (χ1v) is 14.5. The zero-order chi connectivity index (χ0) is 30.6. The van der Waals surface area contributed by atoms with Gasteiger partial charge >= 0.3 is 12.1 Å². The van der Waals surface area contributed by atoms with Crippen LogP contribution in [0.3, 0.4) is 0 Å². The third-order valence-electron chi connectivity index (χ3n) is 8.17. The van der Waals surface area contributed by atoms with Gasteiger partial charge in [0.15, 0.2) is 0 Å². The molecule has 0 spiro atoms. The molecule has 0 bridgehead atoms. The van der Waals surface area contributed by atoms with Crippen LogP contribution in [0.4, 0.5) is 15.3 Å². The van der Waals surface area contributed by atoms with Gasteiger partial charge in [-0.15, -0.1) is 6.42 Å². The van der Waals surface area contributed by atoms with Gasteiger partial charge in [-0.1, -0.05) is 36.3 Å². The maximum atomic E-state index is 13.8. The monoisotopic (exact) mass is 595 g/mol. The number of rotatable bonds is 8. The predicted octanol–water partition coefficient (Wildman–Crippen LogP) is 3.77. The molecule has 0 aromatic heterocycles. The van der Waals surface area contributed by atoms with Crippen molar-refractivity contribution in [1.82, 2.24) is 19.6 Å². The van der Waals surface area contributed by atoms with E-state index in [-0.39, 0.29) is 25.6 Å². The highest BCUT2D eigenvalue weighted by molar-refractivity contribution is 6.05. The van der Waals surface area contributed by atoms with Gasteiger partial charge in [-0.3, -0.25) is 14.6 Å². The molecule has 0 aliphatic carbocycles. The van der Waals surface area contributed by atoms with E-state index in [0.717, 1.165) is 27.6 Å². The lowest BCUT2D eigenvalue weighted by molar-refractivity contribution is -0.133. The van der Waals surface area contributed by atoms with E-state index < -0.39 is 24.3 Å². The molecule has 0 radical (unpaired) electrons. The highest BCUT2D eigenvalue weighted by Crippen LogP contribution is 2.30. The van der Waals surface area contributed by atoms with Crippen LogP contribution in [0, 0.1) is 12.3 Å². The summed E-state index contributed by atoms with van der Waals surface area (Å²) in [5, 5.41) is 9.98. The zero-order valence-electron chi connectivity index (χ0n) is 24.1. The average molecular weight is 596 g/mol. The van der Waals surface area contributed by atoms with Crippen molar-refractivity contribution in [2.24, 2.45) is 0 Å². The van der Waals surface area contributed by atoms with Gasteiger partial charge in [-0.05, 0) is 54.1 Å². The van der Waals surface area contributed by atoms with E-state index in [2.05, 4.69) is 10.8 Å². The van der Waals surface area contributed by atoms with Crippen LogP contribution in [-0.2, 0) is 11.3 Å². The second kappa shape index (κ2) is 12.6. The molecule has 3 fully saturated rings. The number of imide groups is 1. The van der Waals surface area contributed by atoms with Crippen LogP contribution in [0.15, 0.2) is 78.9 Å². The Bertz CT molecular complexity index is 1540. The number of terminal acetylenes is 1. The standard InChI is InChI=1S/C33H33N5O6/c1-2-20-43-26-14-10-25(11-15-26)35-17-19-37(33(41)42)30(23-35)38-31(39)29-22-34(16-18-36(29)32(38)40)21-24-8-12-28(13-9-24)44-27-6-4-3-5-7-27/h1,3-15,29-30H,16-23H2,(H,41,42). The van der Waals surface area contributed by atoms with Crippen molar-refractivity contribution in [3.8, 4) is 29.6 Å². The Hall–Kier alpha value is -5.21. The van der Waals surface area contributed by atoms with E-state index >= 15 is 0 Å². The van der Waals surface area contributed by atoms with Gasteiger partial charge < -0.3 is 24.4 Å². The maximum absolute atomic E-state index is 13.8. The Balaban J connectivity index is 1.12. The first kappa shape index (κ1) is 28.9. The Kier molecular flexibility index (Phi) is 8.25. The topological polar surface area (TPSA) is 106 Å². The van der Waals surface area contributed by atoms with Crippen LogP contribution in [0.25, 0.3) is 0 Å². The number of amides is 4. The van der Waals surface area contributed by atoms with Crippen molar-refractivity contribution in [3.05, 3.63) is 84.4 Å². The number of anilines is 1. The number of carbonyl (C=O) groups is 3. The van der Waals surface area contributed by atoms with E-state index in [1.807, 2.05) is 71.6 Å². The van der Waals surface area contributed by atoms with E-state index in [4.69, 9.17) is 15.9 Å². The number of ether oxygens (including phenoxy) is 2. The minimum atomic E-state index is -1.17. The van der Waals surface area contributed by atoms with Gasteiger partial charge in [-0.25, -0.2) is 14.5 Å². The molecule has 0 saturated carbocycles. The summed E-state index contributed by atoms with van der Waals surface area (Å²) >= 11 is 0. The molecule has 11 nitrogen and oxygen atoms in total. The van der Waals surface area contributed by atoms with Crippen molar-refractivity contribution >= 4 is 23.7 Å². The molecule has 3 aromatic carbocycles. The van der Waals surface area contributed by atoms with Crippen LogP contribution >= 0.6 is 0 Å². The van der Waals surface area contributed by atoms with Gasteiger partial charge in [-0.2, -0.15) is 0 Å². The molecule has 2 unspecified atom stereocenters. The maximum Gasteiger partial charge on any atom is 0.409 e. The van der Waals surface area contributed by atoms with Crippen LogP contribution in [0.1, 0.15) is 5.56 Å². The Morgan fingerprint density at radius 2 is 1.57 bits per heavy atom. The molecule has 3 aromatic rings. The number of hydrogen-bond acceptors (Lipinski definition) is 7. The van der Waals surface area contributed by atoms with Gasteiger partial charge in [0.2, 0.25) is 0 Å². The molecule has 1 N–H and O–H groups in total. The number of carboxylic acid groups (broad SMARTS) is 1. The van der Waals surface area contributed by atoms with E-state index in [1.54, 1.807) is 17.0 Å². The Morgan fingerprint density at radius 1 is 0.864 bits per heavy atom. The predicted molar refractivity (Wildman–Crippen MR) is 162 cm³/mol. The number of hydrogen-bond donors (Lipinski definition) is 1. The van der Waals surface area contributed by atoms with Crippen molar-refractivity contribution in [2.75, 3.05) is 50.8 Å². The van der Waals surface area contributed by atoms with Crippen molar-refractivity contribution in [2.45, 2.75) is 18.8 Å². The number of urea groups is 1. The summed E-state index contributed by atoms with van der Waals surface area (Å²) in [7, 11) is 0. The summed E-state index contributed by atoms with van der Waals surface area (Å²) in [5.41, 5.74) is 1.89. The molecule has 3 aliphatic rings.